The quantitative estimate of drug-likeness (QED) is 0.459. The van der Waals surface area contributed by atoms with Crippen LogP contribution in [-0.4, -0.2) is 28.8 Å². The van der Waals surface area contributed by atoms with Crippen LogP contribution >= 0.6 is 12.4 Å². The summed E-state index contributed by atoms with van der Waals surface area (Å²) in [5.74, 6) is -1.93. The van der Waals surface area contributed by atoms with E-state index in [2.05, 4.69) is 26.1 Å². The average molecular weight is 472 g/mol. The maximum atomic E-state index is 13.0. The molecule has 2 rings (SSSR count). The zero-order valence-corrected chi connectivity index (χ0v) is 16.7. The van der Waals surface area contributed by atoms with Crippen LogP contribution in [0.15, 0.2) is 30.6 Å². The van der Waals surface area contributed by atoms with Crippen LogP contribution in [0.1, 0.15) is 50.6 Å². The lowest BCUT2D eigenvalue weighted by Gasteiger charge is -2.17. The molecule has 1 heterocycles. The normalized spacial score (nSPS) is 12.5. The Hall–Kier alpha value is -2.93. The second-order valence-electron chi connectivity index (χ2n) is 5.98. The number of halogens is 7. The van der Waals surface area contributed by atoms with Gasteiger partial charge in [-0.25, -0.2) is 10.4 Å². The molecule has 0 aliphatic carbocycles. The zero-order valence-electron chi connectivity index (χ0n) is 15.9. The van der Waals surface area contributed by atoms with Gasteiger partial charge in [-0.1, -0.05) is 0 Å². The first kappa shape index (κ1) is 26.1. The Kier molecular flexibility index (Phi) is 8.35. The molecule has 1 atom stereocenters. The Morgan fingerprint density at radius 2 is 1.42 bits per heavy atom. The van der Waals surface area contributed by atoms with Crippen LogP contribution in [0.2, 0.25) is 0 Å². The molecular weight excluding hydrogens is 456 g/mol. The molecule has 2 aromatic rings. The summed E-state index contributed by atoms with van der Waals surface area (Å²) in [5.41, 5.74) is 0.277. The molecule has 1 unspecified atom stereocenters. The van der Waals surface area contributed by atoms with Gasteiger partial charge in [0.1, 0.15) is 0 Å². The lowest BCUT2D eigenvalue weighted by molar-refractivity contribution is -0.143. The molecule has 0 saturated heterocycles. The second-order valence-corrected chi connectivity index (χ2v) is 5.98. The Balaban J connectivity index is 0.00000480. The third kappa shape index (κ3) is 6.52. The van der Waals surface area contributed by atoms with Crippen LogP contribution in [0.25, 0.3) is 0 Å². The number of hydrogen-bond acceptors (Lipinski definition) is 5. The molecule has 0 spiro atoms. The van der Waals surface area contributed by atoms with Gasteiger partial charge in [-0.3, -0.25) is 20.0 Å². The lowest BCUT2D eigenvalue weighted by Crippen LogP contribution is -2.37. The first-order valence-electron chi connectivity index (χ1n) is 8.23. The minimum absolute atomic E-state index is 0. The minimum atomic E-state index is -5.09. The van der Waals surface area contributed by atoms with Gasteiger partial charge >= 0.3 is 12.4 Å². The Morgan fingerprint density at radius 1 is 0.903 bits per heavy atom. The van der Waals surface area contributed by atoms with Gasteiger partial charge in [-0.2, -0.15) is 26.3 Å². The summed E-state index contributed by atoms with van der Waals surface area (Å²) in [7, 11) is 1.41. The van der Waals surface area contributed by atoms with E-state index in [1.54, 1.807) is 0 Å². The fourth-order valence-corrected chi connectivity index (χ4v) is 2.45. The second kappa shape index (κ2) is 9.92. The van der Waals surface area contributed by atoms with E-state index < -0.39 is 46.9 Å². The van der Waals surface area contributed by atoms with E-state index in [1.807, 2.05) is 0 Å². The lowest BCUT2D eigenvalue weighted by atomic mass is 10.0. The van der Waals surface area contributed by atoms with Crippen LogP contribution in [-0.2, 0) is 12.4 Å². The van der Waals surface area contributed by atoms with Crippen molar-refractivity contribution in [2.75, 3.05) is 7.05 Å². The summed E-state index contributed by atoms with van der Waals surface area (Å²) < 4.78 is 77.8. The molecule has 2 amide bonds. The molecule has 0 fully saturated rings. The number of benzene rings is 1. The van der Waals surface area contributed by atoms with E-state index in [0.717, 1.165) is 0 Å². The Labute approximate surface area is 178 Å². The Morgan fingerprint density at radius 3 is 1.90 bits per heavy atom. The van der Waals surface area contributed by atoms with Gasteiger partial charge in [0, 0.05) is 25.0 Å². The molecule has 3 N–H and O–H groups in total. The number of nitrogens with one attached hydrogen (secondary N) is 3. The third-order valence-corrected chi connectivity index (χ3v) is 3.79. The monoisotopic (exact) mass is 471 g/mol. The minimum Gasteiger partial charge on any atom is -0.344 e. The van der Waals surface area contributed by atoms with Crippen molar-refractivity contribution in [1.29, 1.82) is 0 Å². The predicted octanol–water partition coefficient (Wildman–Crippen LogP) is 3.29. The molecule has 0 radical (unpaired) electrons. The van der Waals surface area contributed by atoms with Crippen molar-refractivity contribution < 1.29 is 35.9 Å². The number of carbonyl (C=O) groups is 2. The van der Waals surface area contributed by atoms with Crippen molar-refractivity contribution >= 4 is 24.2 Å². The predicted molar refractivity (Wildman–Crippen MR) is 98.1 cm³/mol. The molecule has 1 aromatic carbocycles. The van der Waals surface area contributed by atoms with Crippen LogP contribution in [0.3, 0.4) is 0 Å². The number of nitrogens with zero attached hydrogens (tertiary/aromatic N) is 2. The van der Waals surface area contributed by atoms with Gasteiger partial charge in [0.15, 0.2) is 5.69 Å². The van der Waals surface area contributed by atoms with Crippen molar-refractivity contribution in [3.8, 4) is 0 Å². The van der Waals surface area contributed by atoms with E-state index in [-0.39, 0.29) is 29.9 Å². The standard InChI is InChI=1S/C17H15F6N5O2.ClH/c1-8(12-13(15(30)28-24-2)26-4-3-25-12)27-14(29)9-5-10(16(18,19)20)7-11(6-9)17(21,22)23;/h3-8,24H,1-2H3,(H,27,29)(H,28,30);1H. The highest BCUT2D eigenvalue weighted by molar-refractivity contribution is 5.96. The highest BCUT2D eigenvalue weighted by Gasteiger charge is 2.37. The summed E-state index contributed by atoms with van der Waals surface area (Å²) in [6, 6.07) is -0.526. The van der Waals surface area contributed by atoms with E-state index in [1.165, 1.54) is 26.4 Å². The Bertz CT molecular complexity index is 919. The van der Waals surface area contributed by atoms with Gasteiger partial charge < -0.3 is 5.32 Å². The smallest absolute Gasteiger partial charge is 0.344 e. The molecular formula is C17H16ClF6N5O2. The fourth-order valence-electron chi connectivity index (χ4n) is 2.45. The van der Waals surface area contributed by atoms with Crippen molar-refractivity contribution in [3.05, 3.63) is 58.7 Å². The van der Waals surface area contributed by atoms with Crippen LogP contribution in [0.5, 0.6) is 0 Å². The molecule has 170 valence electrons. The van der Waals surface area contributed by atoms with Crippen molar-refractivity contribution in [2.45, 2.75) is 25.3 Å². The largest absolute Gasteiger partial charge is 0.416 e. The maximum Gasteiger partial charge on any atom is 0.416 e. The van der Waals surface area contributed by atoms with E-state index in [4.69, 9.17) is 0 Å². The number of amides is 2. The number of alkyl halides is 6. The van der Waals surface area contributed by atoms with E-state index in [0.29, 0.717) is 12.1 Å². The molecule has 14 heteroatoms. The first-order chi connectivity index (χ1) is 13.8. The molecule has 0 bridgehead atoms. The van der Waals surface area contributed by atoms with Gasteiger partial charge in [0.05, 0.1) is 22.9 Å². The van der Waals surface area contributed by atoms with Crippen molar-refractivity contribution in [2.24, 2.45) is 0 Å². The highest BCUT2D eigenvalue weighted by atomic mass is 35.5. The zero-order chi connectivity index (χ0) is 22.7. The van der Waals surface area contributed by atoms with Gasteiger partial charge in [0.25, 0.3) is 11.8 Å². The molecule has 1 aromatic heterocycles. The SMILES string of the molecule is CNNC(=O)c1nccnc1C(C)NC(=O)c1cc(C(F)(F)F)cc(C(F)(F)F)c1.Cl. The molecule has 7 nitrogen and oxygen atoms in total. The van der Waals surface area contributed by atoms with Crippen LogP contribution in [0, 0.1) is 0 Å². The summed E-state index contributed by atoms with van der Waals surface area (Å²) in [4.78, 5) is 32.1. The molecule has 0 aliphatic heterocycles. The van der Waals surface area contributed by atoms with Gasteiger partial charge in [-0.15, -0.1) is 12.4 Å². The number of hydrazine groups is 1. The first-order valence-corrected chi connectivity index (χ1v) is 8.23. The van der Waals surface area contributed by atoms with E-state index in [9.17, 15) is 35.9 Å². The maximum absolute atomic E-state index is 13.0. The summed E-state index contributed by atoms with van der Waals surface area (Å²) in [6.07, 6.45) is -7.78. The van der Waals surface area contributed by atoms with Gasteiger partial charge in [-0.05, 0) is 25.1 Å². The summed E-state index contributed by atoms with van der Waals surface area (Å²) in [5, 5.41) is 2.23. The number of rotatable bonds is 5. The number of hydrogen-bond donors (Lipinski definition) is 3. The molecule has 0 saturated carbocycles. The molecule has 31 heavy (non-hydrogen) atoms. The van der Waals surface area contributed by atoms with Gasteiger partial charge in [0.2, 0.25) is 0 Å². The number of carbonyl (C=O) groups excluding carboxylic acids is 2. The molecule has 0 aliphatic rings. The fraction of sp³-hybridized carbons (Fsp3) is 0.294. The number of aromatic nitrogens is 2. The highest BCUT2D eigenvalue weighted by Crippen LogP contribution is 2.36. The van der Waals surface area contributed by atoms with Crippen LogP contribution in [0.4, 0.5) is 26.3 Å². The average Bonchev–Trinajstić information content (AvgIpc) is 2.66. The van der Waals surface area contributed by atoms with Crippen molar-refractivity contribution in [3.63, 3.8) is 0 Å². The van der Waals surface area contributed by atoms with Crippen molar-refractivity contribution in [1.82, 2.24) is 26.1 Å². The van der Waals surface area contributed by atoms with Crippen LogP contribution < -0.4 is 16.2 Å². The topological polar surface area (TPSA) is 96.0 Å². The summed E-state index contributed by atoms with van der Waals surface area (Å²) >= 11 is 0. The van der Waals surface area contributed by atoms with E-state index >= 15 is 0 Å². The summed E-state index contributed by atoms with van der Waals surface area (Å²) in [6.45, 7) is 1.34. The third-order valence-electron chi connectivity index (χ3n) is 3.79.